The van der Waals surface area contributed by atoms with Crippen molar-refractivity contribution in [2.24, 2.45) is 0 Å². The maximum absolute atomic E-state index is 12.9. The van der Waals surface area contributed by atoms with Crippen molar-refractivity contribution in [3.63, 3.8) is 0 Å². The van der Waals surface area contributed by atoms with Gasteiger partial charge in [-0.2, -0.15) is 4.31 Å². The van der Waals surface area contributed by atoms with E-state index in [1.54, 1.807) is 18.7 Å². The van der Waals surface area contributed by atoms with E-state index in [2.05, 4.69) is 7.05 Å². The minimum Gasteiger partial charge on any atom is -0.334 e. The van der Waals surface area contributed by atoms with Gasteiger partial charge in [0.2, 0.25) is 15.9 Å². The summed E-state index contributed by atoms with van der Waals surface area (Å²) in [7, 11) is -0.103. The van der Waals surface area contributed by atoms with Gasteiger partial charge in [0, 0.05) is 7.05 Å². The maximum atomic E-state index is 12.9. The van der Waals surface area contributed by atoms with Crippen molar-refractivity contribution in [1.29, 1.82) is 0 Å². The molecule has 6 nitrogen and oxygen atoms in total. The van der Waals surface area contributed by atoms with Gasteiger partial charge in [-0.3, -0.25) is 4.79 Å². The molecule has 0 atom stereocenters. The van der Waals surface area contributed by atoms with Crippen molar-refractivity contribution >= 4 is 15.9 Å². The van der Waals surface area contributed by atoms with Crippen LogP contribution in [0.1, 0.15) is 16.7 Å². The molecule has 134 valence electrons. The molecule has 1 amide bonds. The highest BCUT2D eigenvalue weighted by Crippen LogP contribution is 2.24. The van der Waals surface area contributed by atoms with E-state index in [-0.39, 0.29) is 12.5 Å². The number of benzene rings is 1. The van der Waals surface area contributed by atoms with Crippen LogP contribution >= 0.6 is 0 Å². The minimum atomic E-state index is -3.68. The largest absolute Gasteiger partial charge is 0.334 e. The summed E-state index contributed by atoms with van der Waals surface area (Å²) in [6.45, 7) is 8.59. The first-order chi connectivity index (χ1) is 11.1. The molecule has 1 heterocycles. The number of nitrogens with zero attached hydrogens (tertiary/aromatic N) is 2. The molecule has 1 aromatic carbocycles. The second-order valence-electron chi connectivity index (χ2n) is 6.83. The molecule has 1 N–H and O–H groups in total. The van der Waals surface area contributed by atoms with E-state index in [0.717, 1.165) is 29.8 Å². The van der Waals surface area contributed by atoms with Crippen LogP contribution < -0.4 is 4.90 Å². The third-order valence-corrected chi connectivity index (χ3v) is 6.71. The molecule has 0 radical (unpaired) electrons. The van der Waals surface area contributed by atoms with Gasteiger partial charge in [-0.1, -0.05) is 17.7 Å². The minimum absolute atomic E-state index is 0.117. The number of carbonyl (C=O) groups is 1. The first kappa shape index (κ1) is 18.9. The van der Waals surface area contributed by atoms with Crippen LogP contribution in [0.25, 0.3) is 0 Å². The lowest BCUT2D eigenvalue weighted by Crippen LogP contribution is -3.12. The number of aryl methyl sites for hydroxylation is 3. The number of carbonyl (C=O) groups excluding carboxylic acids is 1. The Morgan fingerprint density at radius 2 is 1.67 bits per heavy atom. The summed E-state index contributed by atoms with van der Waals surface area (Å²) in [6, 6.07) is 3.72. The molecule has 1 aromatic rings. The fourth-order valence-electron chi connectivity index (χ4n) is 3.24. The molecule has 0 unspecified atom stereocenters. The second-order valence-corrected chi connectivity index (χ2v) is 8.81. The molecule has 1 saturated heterocycles. The molecule has 1 fully saturated rings. The van der Waals surface area contributed by atoms with Crippen LogP contribution in [0.15, 0.2) is 17.0 Å². The van der Waals surface area contributed by atoms with E-state index >= 15 is 0 Å². The standard InChI is InChI=1S/C17H27N3O3S/c1-13-10-14(2)17(15(3)11-13)24(22,23)19(5)12-16(21)20-8-6-18(4)7-9-20/h10-11H,6-9,12H2,1-5H3/p+1. The zero-order chi connectivity index (χ0) is 18.1. The summed E-state index contributed by atoms with van der Waals surface area (Å²) in [5.74, 6) is -0.129. The number of hydrogen-bond donors (Lipinski definition) is 1. The normalized spacial score (nSPS) is 16.7. The molecule has 0 aliphatic carbocycles. The van der Waals surface area contributed by atoms with Crippen molar-refractivity contribution in [3.8, 4) is 0 Å². The summed E-state index contributed by atoms with van der Waals surface area (Å²) < 4.78 is 27.0. The van der Waals surface area contributed by atoms with Crippen LogP contribution in [0.2, 0.25) is 0 Å². The van der Waals surface area contributed by atoms with Crippen molar-refractivity contribution in [2.75, 3.05) is 46.8 Å². The topological polar surface area (TPSA) is 62.1 Å². The third-order valence-electron chi connectivity index (χ3n) is 4.60. The number of rotatable bonds is 4. The average Bonchev–Trinajstić information content (AvgIpc) is 2.46. The summed E-state index contributed by atoms with van der Waals surface area (Å²) >= 11 is 0. The van der Waals surface area contributed by atoms with Gasteiger partial charge in [-0.25, -0.2) is 8.42 Å². The number of piperazine rings is 1. The third kappa shape index (κ3) is 3.96. The predicted octanol–water partition coefficient (Wildman–Crippen LogP) is -0.411. The van der Waals surface area contributed by atoms with Crippen LogP contribution in [-0.4, -0.2) is 70.3 Å². The van der Waals surface area contributed by atoms with Crippen LogP contribution in [0.3, 0.4) is 0 Å². The highest BCUT2D eigenvalue weighted by Gasteiger charge is 2.29. The van der Waals surface area contributed by atoms with Gasteiger partial charge < -0.3 is 9.80 Å². The van der Waals surface area contributed by atoms with E-state index in [4.69, 9.17) is 0 Å². The number of nitrogens with one attached hydrogen (secondary N) is 1. The van der Waals surface area contributed by atoms with Crippen molar-refractivity contribution in [3.05, 3.63) is 28.8 Å². The molecule has 1 aliphatic rings. The number of amides is 1. The van der Waals surface area contributed by atoms with Crippen molar-refractivity contribution < 1.29 is 18.1 Å². The van der Waals surface area contributed by atoms with Gasteiger partial charge in [0.1, 0.15) is 0 Å². The molecular weight excluding hydrogens is 326 g/mol. The molecule has 7 heteroatoms. The Labute approximate surface area is 145 Å². The summed E-state index contributed by atoms with van der Waals surface area (Å²) in [5, 5.41) is 0. The molecular formula is C17H28N3O3S+. The molecule has 24 heavy (non-hydrogen) atoms. The van der Waals surface area contributed by atoms with Gasteiger partial charge >= 0.3 is 0 Å². The van der Waals surface area contributed by atoms with Crippen molar-refractivity contribution in [2.45, 2.75) is 25.7 Å². The highest BCUT2D eigenvalue weighted by atomic mass is 32.2. The van der Waals surface area contributed by atoms with Crippen molar-refractivity contribution in [1.82, 2.24) is 9.21 Å². The Morgan fingerprint density at radius 1 is 1.17 bits per heavy atom. The quantitative estimate of drug-likeness (QED) is 0.800. The zero-order valence-electron chi connectivity index (χ0n) is 15.2. The van der Waals surface area contributed by atoms with E-state index in [0.29, 0.717) is 18.0 Å². The van der Waals surface area contributed by atoms with Gasteiger partial charge in [0.15, 0.2) is 0 Å². The molecule has 0 saturated carbocycles. The number of likely N-dealkylation sites (N-methyl/N-ethyl adjacent to an activating group) is 2. The van der Waals surface area contributed by atoms with Crippen LogP contribution in [0.5, 0.6) is 0 Å². The lowest BCUT2D eigenvalue weighted by atomic mass is 10.1. The highest BCUT2D eigenvalue weighted by molar-refractivity contribution is 7.89. The fourth-order valence-corrected chi connectivity index (χ4v) is 4.77. The lowest BCUT2D eigenvalue weighted by Gasteiger charge is -2.31. The average molecular weight is 354 g/mol. The van der Waals surface area contributed by atoms with Gasteiger partial charge in [0.25, 0.3) is 0 Å². The second kappa shape index (κ2) is 7.21. The predicted molar refractivity (Wildman–Crippen MR) is 93.7 cm³/mol. The SMILES string of the molecule is Cc1cc(C)c(S(=O)(=O)N(C)CC(=O)N2CC[NH+](C)CC2)c(C)c1. The van der Waals surface area contributed by atoms with E-state index < -0.39 is 10.0 Å². The first-order valence-electron chi connectivity index (χ1n) is 8.26. The monoisotopic (exact) mass is 354 g/mol. The van der Waals surface area contributed by atoms with Gasteiger partial charge in [0.05, 0.1) is 44.7 Å². The van der Waals surface area contributed by atoms with Crippen LogP contribution in [0, 0.1) is 20.8 Å². The number of hydrogen-bond acceptors (Lipinski definition) is 3. The first-order valence-corrected chi connectivity index (χ1v) is 9.70. The van der Waals surface area contributed by atoms with E-state index in [1.807, 2.05) is 19.1 Å². The van der Waals surface area contributed by atoms with Gasteiger partial charge in [-0.05, 0) is 31.9 Å². The molecule has 0 aromatic heterocycles. The number of quaternary nitrogens is 1. The Morgan fingerprint density at radius 3 is 2.17 bits per heavy atom. The molecule has 0 bridgehead atoms. The Kier molecular flexibility index (Phi) is 5.67. The van der Waals surface area contributed by atoms with Crippen LogP contribution in [-0.2, 0) is 14.8 Å². The maximum Gasteiger partial charge on any atom is 0.243 e. The number of sulfonamides is 1. The van der Waals surface area contributed by atoms with Gasteiger partial charge in [-0.15, -0.1) is 0 Å². The summed E-state index contributed by atoms with van der Waals surface area (Å²) in [5.41, 5.74) is 2.47. The fraction of sp³-hybridized carbons (Fsp3) is 0.588. The van der Waals surface area contributed by atoms with E-state index in [1.165, 1.54) is 16.3 Å². The summed E-state index contributed by atoms with van der Waals surface area (Å²) in [6.07, 6.45) is 0. The molecule has 1 aliphatic heterocycles. The smallest absolute Gasteiger partial charge is 0.243 e. The van der Waals surface area contributed by atoms with E-state index in [9.17, 15) is 13.2 Å². The Hall–Kier alpha value is -1.44. The summed E-state index contributed by atoms with van der Waals surface area (Å²) in [4.78, 5) is 15.9. The Bertz CT molecular complexity index is 700. The zero-order valence-corrected chi connectivity index (χ0v) is 16.0. The lowest BCUT2D eigenvalue weighted by molar-refractivity contribution is -0.883. The molecule has 2 rings (SSSR count). The van der Waals surface area contributed by atoms with Crippen LogP contribution in [0.4, 0.5) is 0 Å². The molecule has 0 spiro atoms. The Balaban J connectivity index is 2.16.